The van der Waals surface area contributed by atoms with E-state index in [1.807, 2.05) is 28.8 Å². The summed E-state index contributed by atoms with van der Waals surface area (Å²) >= 11 is 0. The van der Waals surface area contributed by atoms with E-state index in [9.17, 15) is 4.79 Å². The molecule has 1 saturated heterocycles. The molecule has 0 radical (unpaired) electrons. The molecule has 2 aromatic rings. The molecule has 2 aliphatic rings. The van der Waals surface area contributed by atoms with Gasteiger partial charge >= 0.3 is 0 Å². The van der Waals surface area contributed by atoms with Gasteiger partial charge in [-0.1, -0.05) is 6.92 Å². The zero-order chi connectivity index (χ0) is 17.4. The van der Waals surface area contributed by atoms with Crippen LogP contribution in [0, 0.1) is 0 Å². The highest BCUT2D eigenvalue weighted by atomic mass is 16.5. The van der Waals surface area contributed by atoms with Gasteiger partial charge in [0, 0.05) is 45.2 Å². The number of carbonyl (C=O) groups excluding carboxylic acids is 1. The molecule has 0 saturated carbocycles. The van der Waals surface area contributed by atoms with Crippen LogP contribution in [0.5, 0.6) is 0 Å². The molecule has 4 rings (SSSR count). The Labute approximate surface area is 147 Å². The van der Waals surface area contributed by atoms with Gasteiger partial charge in [-0.25, -0.2) is 0 Å². The number of amides is 1. The lowest BCUT2D eigenvalue weighted by Crippen LogP contribution is -2.41. The highest BCUT2D eigenvalue weighted by Gasteiger charge is 2.32. The van der Waals surface area contributed by atoms with Crippen molar-refractivity contribution >= 4 is 5.91 Å². The van der Waals surface area contributed by atoms with E-state index >= 15 is 0 Å². The zero-order valence-electron chi connectivity index (χ0n) is 14.8. The molecule has 0 unspecified atom stereocenters. The minimum Gasteiger partial charge on any atom is -0.465 e. The minimum atomic E-state index is 0.0215. The molecule has 134 valence electrons. The first-order valence-corrected chi connectivity index (χ1v) is 8.87. The van der Waals surface area contributed by atoms with E-state index in [1.54, 1.807) is 0 Å². The predicted octanol–water partition coefficient (Wildman–Crippen LogP) is 1.56. The molecule has 1 amide bonds. The summed E-state index contributed by atoms with van der Waals surface area (Å²) < 4.78 is 13.0. The number of furan rings is 1. The molecular formula is C18H24N4O3. The number of carbonyl (C=O) groups is 1. The Bertz CT molecular complexity index is 773. The molecule has 0 aromatic carbocycles. The van der Waals surface area contributed by atoms with Crippen molar-refractivity contribution < 1.29 is 13.9 Å². The molecule has 7 heteroatoms. The van der Waals surface area contributed by atoms with Crippen molar-refractivity contribution in [3.8, 4) is 0 Å². The first kappa shape index (κ1) is 16.4. The maximum atomic E-state index is 12.8. The van der Waals surface area contributed by atoms with Crippen LogP contribution in [0.2, 0.25) is 0 Å². The number of hydrogen-bond acceptors (Lipinski definition) is 5. The fourth-order valence-corrected chi connectivity index (χ4v) is 3.58. The predicted molar refractivity (Wildman–Crippen MR) is 91.0 cm³/mol. The van der Waals surface area contributed by atoms with E-state index < -0.39 is 0 Å². The van der Waals surface area contributed by atoms with Gasteiger partial charge in [0.05, 0.1) is 25.5 Å². The summed E-state index contributed by atoms with van der Waals surface area (Å²) in [6, 6.07) is 4.08. The molecular weight excluding hydrogens is 320 g/mol. The van der Waals surface area contributed by atoms with Crippen molar-refractivity contribution in [1.82, 2.24) is 19.6 Å². The van der Waals surface area contributed by atoms with Crippen LogP contribution >= 0.6 is 0 Å². The van der Waals surface area contributed by atoms with Crippen molar-refractivity contribution in [2.75, 3.05) is 26.3 Å². The maximum absolute atomic E-state index is 12.8. The van der Waals surface area contributed by atoms with Crippen molar-refractivity contribution in [3.05, 3.63) is 40.6 Å². The molecule has 7 nitrogen and oxygen atoms in total. The summed E-state index contributed by atoms with van der Waals surface area (Å²) in [7, 11) is 1.92. The average molecular weight is 344 g/mol. The van der Waals surface area contributed by atoms with Gasteiger partial charge in [-0.3, -0.25) is 14.4 Å². The number of aromatic nitrogens is 2. The maximum Gasteiger partial charge on any atom is 0.274 e. The van der Waals surface area contributed by atoms with E-state index in [-0.39, 0.29) is 5.91 Å². The first-order chi connectivity index (χ1) is 12.2. The number of rotatable bonds is 4. The molecule has 25 heavy (non-hydrogen) atoms. The van der Waals surface area contributed by atoms with E-state index in [0.29, 0.717) is 32.0 Å². The van der Waals surface area contributed by atoms with Gasteiger partial charge in [-0.15, -0.1) is 0 Å². The Morgan fingerprint density at radius 2 is 1.96 bits per heavy atom. The van der Waals surface area contributed by atoms with Crippen LogP contribution in [-0.2, 0) is 37.8 Å². The molecule has 0 bridgehead atoms. The van der Waals surface area contributed by atoms with Crippen LogP contribution in [0.15, 0.2) is 16.5 Å². The fraction of sp³-hybridized carbons (Fsp3) is 0.556. The highest BCUT2D eigenvalue weighted by molar-refractivity contribution is 5.94. The SMILES string of the molecule is CCc1ccc(CN2Cc3c(C(=O)N4CCOCC4)nn(C)c3C2)o1. The third-order valence-electron chi connectivity index (χ3n) is 4.98. The van der Waals surface area contributed by atoms with Gasteiger partial charge < -0.3 is 14.1 Å². The molecule has 0 aliphatic carbocycles. The van der Waals surface area contributed by atoms with Gasteiger partial charge in [0.2, 0.25) is 0 Å². The van der Waals surface area contributed by atoms with Crippen molar-refractivity contribution in [2.45, 2.75) is 33.0 Å². The van der Waals surface area contributed by atoms with E-state index in [2.05, 4.69) is 16.9 Å². The summed E-state index contributed by atoms with van der Waals surface area (Å²) in [4.78, 5) is 17.0. The van der Waals surface area contributed by atoms with Crippen molar-refractivity contribution in [1.29, 1.82) is 0 Å². The van der Waals surface area contributed by atoms with E-state index in [4.69, 9.17) is 9.15 Å². The van der Waals surface area contributed by atoms with Crippen molar-refractivity contribution in [3.63, 3.8) is 0 Å². The lowest BCUT2D eigenvalue weighted by Gasteiger charge is -2.26. The first-order valence-electron chi connectivity index (χ1n) is 8.87. The summed E-state index contributed by atoms with van der Waals surface area (Å²) in [6.45, 7) is 6.84. The lowest BCUT2D eigenvalue weighted by molar-refractivity contribution is 0.0297. The Morgan fingerprint density at radius 3 is 2.68 bits per heavy atom. The molecule has 0 spiro atoms. The molecule has 0 atom stereocenters. The Morgan fingerprint density at radius 1 is 1.20 bits per heavy atom. The second kappa shape index (κ2) is 6.65. The lowest BCUT2D eigenvalue weighted by atomic mass is 10.2. The Hall–Kier alpha value is -2.12. The topological polar surface area (TPSA) is 63.7 Å². The van der Waals surface area contributed by atoms with Crippen molar-refractivity contribution in [2.24, 2.45) is 7.05 Å². The number of morpholine rings is 1. The summed E-state index contributed by atoms with van der Waals surface area (Å²) in [6.07, 6.45) is 0.905. The van der Waals surface area contributed by atoms with Crippen LogP contribution in [-0.4, -0.2) is 51.8 Å². The Balaban J connectivity index is 1.50. The molecule has 0 N–H and O–H groups in total. The van der Waals surface area contributed by atoms with Gasteiger partial charge in [-0.05, 0) is 12.1 Å². The van der Waals surface area contributed by atoms with Crippen LogP contribution < -0.4 is 0 Å². The summed E-state index contributed by atoms with van der Waals surface area (Å²) in [5, 5.41) is 4.50. The zero-order valence-corrected chi connectivity index (χ0v) is 14.8. The number of aryl methyl sites for hydroxylation is 2. The average Bonchev–Trinajstić information content (AvgIpc) is 3.33. The number of ether oxygens (including phenoxy) is 1. The molecule has 2 aromatic heterocycles. The minimum absolute atomic E-state index is 0.0215. The third-order valence-corrected chi connectivity index (χ3v) is 4.98. The fourth-order valence-electron chi connectivity index (χ4n) is 3.58. The molecule has 2 aliphatic heterocycles. The number of hydrogen-bond donors (Lipinski definition) is 0. The van der Waals surface area contributed by atoms with Crippen LogP contribution in [0.3, 0.4) is 0 Å². The summed E-state index contributed by atoms with van der Waals surface area (Å²) in [5.41, 5.74) is 2.77. The monoisotopic (exact) mass is 344 g/mol. The summed E-state index contributed by atoms with van der Waals surface area (Å²) in [5.74, 6) is 2.00. The number of fused-ring (bicyclic) bond motifs is 1. The largest absolute Gasteiger partial charge is 0.465 e. The standard InChI is InChI=1S/C18H24N4O3/c1-3-13-4-5-14(25-13)10-21-11-15-16(12-21)20(2)19-17(15)18(23)22-6-8-24-9-7-22/h4-5H,3,6-12H2,1-2H3. The Kier molecular flexibility index (Phi) is 4.35. The van der Waals surface area contributed by atoms with Crippen LogP contribution in [0.4, 0.5) is 0 Å². The third kappa shape index (κ3) is 3.09. The second-order valence-corrected chi connectivity index (χ2v) is 6.67. The van der Waals surface area contributed by atoms with E-state index in [1.165, 1.54) is 0 Å². The highest BCUT2D eigenvalue weighted by Crippen LogP contribution is 2.28. The quantitative estimate of drug-likeness (QED) is 0.842. The van der Waals surface area contributed by atoms with Crippen LogP contribution in [0.1, 0.15) is 40.2 Å². The van der Waals surface area contributed by atoms with Gasteiger partial charge in [0.1, 0.15) is 11.5 Å². The van der Waals surface area contributed by atoms with E-state index in [0.717, 1.165) is 48.8 Å². The van der Waals surface area contributed by atoms with Gasteiger partial charge in [0.25, 0.3) is 5.91 Å². The number of nitrogens with zero attached hydrogens (tertiary/aromatic N) is 4. The van der Waals surface area contributed by atoms with Gasteiger partial charge in [0.15, 0.2) is 5.69 Å². The van der Waals surface area contributed by atoms with Gasteiger partial charge in [-0.2, -0.15) is 5.10 Å². The second-order valence-electron chi connectivity index (χ2n) is 6.67. The van der Waals surface area contributed by atoms with Crippen LogP contribution in [0.25, 0.3) is 0 Å². The normalized spacial score (nSPS) is 17.9. The molecule has 4 heterocycles. The smallest absolute Gasteiger partial charge is 0.274 e. The molecule has 1 fully saturated rings.